The lowest BCUT2D eigenvalue weighted by Crippen LogP contribution is -2.32. The smallest absolute Gasteiger partial charge is 0.407 e. The van der Waals surface area contributed by atoms with E-state index >= 15 is 0 Å². The Kier molecular flexibility index (Phi) is 24.8. The van der Waals surface area contributed by atoms with Gasteiger partial charge in [-0.05, 0) is 122 Å². The second kappa shape index (κ2) is 29.0. The van der Waals surface area contributed by atoms with Crippen molar-refractivity contribution in [3.63, 3.8) is 0 Å². The number of carbonyl (C=O) groups excluding carboxylic acids is 1. The molecule has 5 aromatic rings. The molecule has 0 spiro atoms. The monoisotopic (exact) mass is 971 g/mol. The first-order chi connectivity index (χ1) is 31.1. The number of thiazole rings is 1. The van der Waals surface area contributed by atoms with Crippen LogP contribution in [0.5, 0.6) is 0 Å². The first kappa shape index (κ1) is 55.5. The molecule has 2 atom stereocenters. The molecule has 0 bridgehead atoms. The van der Waals surface area contributed by atoms with E-state index in [0.717, 1.165) is 50.7 Å². The molecule has 358 valence electrons. The van der Waals surface area contributed by atoms with Crippen molar-refractivity contribution in [2.45, 2.75) is 203 Å². The van der Waals surface area contributed by atoms with E-state index < -0.39 is 11.7 Å². The highest BCUT2D eigenvalue weighted by Gasteiger charge is 2.21. The Bertz CT molecular complexity index is 2200. The summed E-state index contributed by atoms with van der Waals surface area (Å²) in [4.78, 5) is 34.5. The third-order valence-electron chi connectivity index (χ3n) is 12.1. The van der Waals surface area contributed by atoms with Gasteiger partial charge in [0.1, 0.15) is 11.4 Å². The number of amides is 1. The van der Waals surface area contributed by atoms with Crippen LogP contribution < -0.4 is 10.9 Å². The van der Waals surface area contributed by atoms with Gasteiger partial charge in [-0.1, -0.05) is 168 Å². The summed E-state index contributed by atoms with van der Waals surface area (Å²) < 4.78 is 8.21. The summed E-state index contributed by atoms with van der Waals surface area (Å²) in [5, 5.41) is 3.40. The zero-order chi connectivity index (χ0) is 47.9. The normalized spacial score (nSPS) is 13.4. The lowest BCUT2D eigenvalue weighted by atomic mass is 9.88. The van der Waals surface area contributed by atoms with E-state index in [4.69, 9.17) is 4.74 Å². The Labute approximate surface area is 406 Å². The molecule has 0 radical (unpaired) electrons. The number of aromatic nitrogens is 3. The molecule has 65 heavy (non-hydrogen) atoms. The van der Waals surface area contributed by atoms with Crippen LogP contribution in [0.3, 0.4) is 0 Å². The van der Waals surface area contributed by atoms with Crippen LogP contribution >= 0.6 is 27.3 Å². The summed E-state index contributed by atoms with van der Waals surface area (Å²) in [6.45, 7) is 25.8. The van der Waals surface area contributed by atoms with E-state index in [9.17, 15) is 9.59 Å². The van der Waals surface area contributed by atoms with Crippen molar-refractivity contribution in [1.29, 1.82) is 0 Å². The van der Waals surface area contributed by atoms with Crippen LogP contribution in [0.25, 0.3) is 27.0 Å². The number of hydrogen-bond acceptors (Lipinski definition) is 6. The van der Waals surface area contributed by atoms with Crippen molar-refractivity contribution in [2.24, 2.45) is 5.92 Å². The Balaban J connectivity index is 0.000000288. The molecule has 3 aromatic carbocycles. The molecule has 2 heterocycles. The molecule has 1 aliphatic carbocycles. The van der Waals surface area contributed by atoms with Crippen LogP contribution in [0.15, 0.2) is 75.4 Å². The van der Waals surface area contributed by atoms with Crippen LogP contribution in [0.4, 0.5) is 4.79 Å². The van der Waals surface area contributed by atoms with Gasteiger partial charge in [-0.3, -0.25) is 9.36 Å². The topological polar surface area (TPSA) is 86.1 Å². The third-order valence-corrected chi connectivity index (χ3v) is 13.7. The molecule has 1 aliphatic rings. The lowest BCUT2D eigenvalue weighted by molar-refractivity contribution is 0.0523. The molecule has 7 nitrogen and oxygen atoms in total. The molecule has 1 fully saturated rings. The maximum absolute atomic E-state index is 12.9. The maximum Gasteiger partial charge on any atom is 0.407 e. The molecule has 9 heteroatoms. The number of nitrogens with zero attached hydrogens (tertiary/aromatic N) is 3. The van der Waals surface area contributed by atoms with Crippen LogP contribution in [0.1, 0.15) is 206 Å². The van der Waals surface area contributed by atoms with E-state index in [0.29, 0.717) is 17.8 Å². The molecular formula is C56H83BrN4O3S. The fraction of sp³-hybridized carbons (Fsp3) is 0.571. The fourth-order valence-electron chi connectivity index (χ4n) is 8.13. The molecule has 1 saturated carbocycles. The number of halogens is 1. The van der Waals surface area contributed by atoms with Gasteiger partial charge in [0, 0.05) is 16.9 Å². The number of unbranched alkanes of at least 4 members (excludes halogenated alkanes) is 5. The summed E-state index contributed by atoms with van der Waals surface area (Å²) in [5.41, 5.74) is 9.14. The van der Waals surface area contributed by atoms with Gasteiger partial charge in [-0.15, -0.1) is 11.3 Å². The number of aryl methyl sites for hydroxylation is 2. The minimum atomic E-state index is -0.475. The highest BCUT2D eigenvalue weighted by molar-refractivity contribution is 9.10. The van der Waals surface area contributed by atoms with Crippen LogP contribution in [-0.4, -0.2) is 26.2 Å². The van der Waals surface area contributed by atoms with E-state index in [1.807, 2.05) is 75.7 Å². The second-order valence-corrected chi connectivity index (χ2v) is 20.7. The maximum atomic E-state index is 12.9. The molecule has 0 saturated heterocycles. The average Bonchev–Trinajstić information content (AvgIpc) is 3.95. The number of ether oxygens (including phenoxy) is 1. The molecule has 1 amide bonds. The minimum Gasteiger partial charge on any atom is -0.444 e. The predicted molar refractivity (Wildman–Crippen MR) is 283 cm³/mol. The van der Waals surface area contributed by atoms with Crippen molar-refractivity contribution >= 4 is 44.3 Å². The molecule has 1 N–H and O–H groups in total. The van der Waals surface area contributed by atoms with Gasteiger partial charge < -0.3 is 10.1 Å². The number of alkyl carbamates (subject to hydrolysis) is 1. The SMILES string of the molecule is CC1CCCC1.CCCCCC.CCCCCC(CCC)c1ccc(-n2c(C(C)CC)nc(=O)c3c(Br)cccc32)c(C)c1.Cc1ncsc1-c1ccc(CNC(=O)OC(C)(C)C)cc1. The zero-order valence-corrected chi connectivity index (χ0v) is 44.7. The number of carbonyl (C=O) groups is 1. The van der Waals surface area contributed by atoms with Crippen LogP contribution in [-0.2, 0) is 11.3 Å². The summed E-state index contributed by atoms with van der Waals surface area (Å²) in [5.74, 6) is 2.69. The predicted octanol–water partition coefficient (Wildman–Crippen LogP) is 17.4. The number of nitrogens with one attached hydrogen (secondary N) is 1. The standard InChI is InChI=1S/C28H37BrN2O.C16H20N2O2S.C6H12.C6H14/c1-6-9-10-13-21(12-7-2)22-16-17-24(20(5)18-22)31-25-15-11-14-23(29)26(25)28(32)30-27(31)19(4)8-3;1-11-14(21-10-18-11)13-7-5-12(6-8-13)9-17-15(19)20-16(2,3)4;1-6-4-2-3-5-6;1-3-5-6-4-2/h11,14-19,21H,6-10,12-13H2,1-5H3;5-8,10H,9H2,1-4H3,(H,17,19);6H,2-5H2,1H3;3-6H2,1-2H3. The van der Waals surface area contributed by atoms with Crippen molar-refractivity contribution < 1.29 is 9.53 Å². The van der Waals surface area contributed by atoms with E-state index in [1.165, 1.54) is 106 Å². The Morgan fingerprint density at radius 1 is 0.892 bits per heavy atom. The Morgan fingerprint density at radius 3 is 2.06 bits per heavy atom. The number of rotatable bonds is 16. The van der Waals surface area contributed by atoms with Gasteiger partial charge in [-0.2, -0.15) is 4.98 Å². The van der Waals surface area contributed by atoms with Crippen molar-refractivity contribution in [2.75, 3.05) is 0 Å². The first-order valence-electron chi connectivity index (χ1n) is 24.9. The van der Waals surface area contributed by atoms with Gasteiger partial charge in [0.2, 0.25) is 0 Å². The van der Waals surface area contributed by atoms with Gasteiger partial charge in [0.15, 0.2) is 0 Å². The molecule has 2 aromatic heterocycles. The highest BCUT2D eigenvalue weighted by Crippen LogP contribution is 2.33. The first-order valence-corrected chi connectivity index (χ1v) is 26.5. The van der Waals surface area contributed by atoms with Crippen molar-refractivity contribution in [1.82, 2.24) is 19.9 Å². The molecular weight excluding hydrogens is 889 g/mol. The lowest BCUT2D eigenvalue weighted by Gasteiger charge is -2.23. The summed E-state index contributed by atoms with van der Waals surface area (Å²) in [6.07, 6.45) is 19.6. The Hall–Kier alpha value is -3.82. The number of fused-ring (bicyclic) bond motifs is 1. The fourth-order valence-corrected chi connectivity index (χ4v) is 9.47. The van der Waals surface area contributed by atoms with Gasteiger partial charge in [0.25, 0.3) is 5.56 Å². The zero-order valence-electron chi connectivity index (χ0n) is 42.2. The van der Waals surface area contributed by atoms with Gasteiger partial charge >= 0.3 is 6.09 Å². The van der Waals surface area contributed by atoms with E-state index in [-0.39, 0.29) is 11.5 Å². The molecule has 0 aliphatic heterocycles. The van der Waals surface area contributed by atoms with Gasteiger partial charge in [-0.25, -0.2) is 9.78 Å². The third kappa shape index (κ3) is 18.4. The van der Waals surface area contributed by atoms with E-state index in [1.54, 1.807) is 11.3 Å². The summed E-state index contributed by atoms with van der Waals surface area (Å²) in [7, 11) is 0. The minimum absolute atomic E-state index is 0.160. The van der Waals surface area contributed by atoms with Crippen LogP contribution in [0, 0.1) is 19.8 Å². The average molecular weight is 972 g/mol. The number of hydrogen-bond donors (Lipinski definition) is 1. The van der Waals surface area contributed by atoms with Crippen molar-refractivity contribution in [3.05, 3.63) is 109 Å². The van der Waals surface area contributed by atoms with Crippen molar-refractivity contribution in [3.8, 4) is 16.1 Å². The molecule has 2 unspecified atom stereocenters. The molecule has 6 rings (SSSR count). The van der Waals surface area contributed by atoms with Crippen LogP contribution in [0.2, 0.25) is 0 Å². The largest absolute Gasteiger partial charge is 0.444 e. The summed E-state index contributed by atoms with van der Waals surface area (Å²) >= 11 is 5.21. The summed E-state index contributed by atoms with van der Waals surface area (Å²) in [6, 6.07) is 21.0. The van der Waals surface area contributed by atoms with Gasteiger partial charge in [0.05, 0.1) is 32.7 Å². The number of benzene rings is 3. The highest BCUT2D eigenvalue weighted by atomic mass is 79.9. The second-order valence-electron chi connectivity index (χ2n) is 19.0. The Morgan fingerprint density at radius 2 is 1.54 bits per heavy atom. The quantitative estimate of drug-likeness (QED) is 0.0996. The van der Waals surface area contributed by atoms with E-state index in [2.05, 4.69) is 109 Å².